The zero-order chi connectivity index (χ0) is 18.2. The molecule has 2 aromatic rings. The first kappa shape index (κ1) is 18.3. The lowest BCUT2D eigenvalue weighted by Gasteiger charge is -2.26. The summed E-state index contributed by atoms with van der Waals surface area (Å²) in [6, 6.07) is 6.14. The van der Waals surface area contributed by atoms with Gasteiger partial charge in [-0.25, -0.2) is 8.42 Å². The summed E-state index contributed by atoms with van der Waals surface area (Å²) in [6.45, 7) is 7.43. The van der Waals surface area contributed by atoms with Crippen molar-refractivity contribution in [1.29, 1.82) is 0 Å². The molecule has 0 unspecified atom stereocenters. The maximum atomic E-state index is 13.2. The minimum atomic E-state index is -3.78. The minimum absolute atomic E-state index is 0.00153. The average Bonchev–Trinajstić information content (AvgIpc) is 3.02. The van der Waals surface area contributed by atoms with E-state index in [4.69, 9.17) is 16.0 Å². The van der Waals surface area contributed by atoms with Gasteiger partial charge in [0.15, 0.2) is 0 Å². The van der Waals surface area contributed by atoms with E-state index in [9.17, 15) is 8.42 Å². The van der Waals surface area contributed by atoms with Gasteiger partial charge in [-0.05, 0) is 43.5 Å². The van der Waals surface area contributed by atoms with Crippen LogP contribution in [0.25, 0.3) is 0 Å². The van der Waals surface area contributed by atoms with Gasteiger partial charge >= 0.3 is 0 Å². The Kier molecular flexibility index (Phi) is 4.86. The third-order valence-electron chi connectivity index (χ3n) is 4.24. The second-order valence-electron chi connectivity index (χ2n) is 7.38. The molecule has 1 aliphatic rings. The molecule has 0 saturated carbocycles. The molecule has 7 heteroatoms. The highest BCUT2D eigenvalue weighted by molar-refractivity contribution is 7.91. The predicted octanol–water partition coefficient (Wildman–Crippen LogP) is 4.45. The lowest BCUT2D eigenvalue weighted by Crippen LogP contribution is -2.30. The van der Waals surface area contributed by atoms with Gasteiger partial charge in [0, 0.05) is 23.5 Å². The summed E-state index contributed by atoms with van der Waals surface area (Å²) in [5, 5.41) is 0.493. The Morgan fingerprint density at radius 2 is 1.68 bits per heavy atom. The summed E-state index contributed by atoms with van der Waals surface area (Å²) in [7, 11) is -3.78. The summed E-state index contributed by atoms with van der Waals surface area (Å²) in [6.07, 6.45) is 3.19. The zero-order valence-electron chi connectivity index (χ0n) is 14.8. The number of benzene rings is 1. The molecule has 25 heavy (non-hydrogen) atoms. The normalized spacial score (nSPS) is 16.2. The fourth-order valence-corrected chi connectivity index (χ4v) is 4.26. The zero-order valence-corrected chi connectivity index (χ0v) is 16.3. The van der Waals surface area contributed by atoms with Gasteiger partial charge < -0.3 is 9.32 Å². The highest BCUT2D eigenvalue weighted by Crippen LogP contribution is 2.36. The number of halogens is 1. The molecule has 3 rings (SSSR count). The quantitative estimate of drug-likeness (QED) is 0.784. The molecule has 0 bridgehead atoms. The van der Waals surface area contributed by atoms with Gasteiger partial charge in [-0.3, -0.25) is 0 Å². The molecule has 0 N–H and O–H groups in total. The van der Waals surface area contributed by atoms with Gasteiger partial charge in [0.2, 0.25) is 26.6 Å². The molecule has 0 atom stereocenters. The van der Waals surface area contributed by atoms with Crippen molar-refractivity contribution in [2.45, 2.75) is 55.4 Å². The summed E-state index contributed by atoms with van der Waals surface area (Å²) in [4.78, 5) is 6.56. The number of hydrogen-bond acceptors (Lipinski definition) is 5. The molecule has 136 valence electrons. The van der Waals surface area contributed by atoms with E-state index in [1.807, 2.05) is 25.7 Å². The number of aromatic nitrogens is 1. The third-order valence-corrected chi connectivity index (χ3v) is 6.16. The molecular formula is C18H23ClN2O3S. The summed E-state index contributed by atoms with van der Waals surface area (Å²) in [5.41, 5.74) is -0.377. The highest BCUT2D eigenvalue weighted by atomic mass is 35.5. The monoisotopic (exact) mass is 382 g/mol. The van der Waals surface area contributed by atoms with Crippen LogP contribution in [0, 0.1) is 0 Å². The fraction of sp³-hybridized carbons (Fsp3) is 0.500. The van der Waals surface area contributed by atoms with E-state index in [0.29, 0.717) is 16.8 Å². The van der Waals surface area contributed by atoms with Gasteiger partial charge in [0.25, 0.3) is 0 Å². The van der Waals surface area contributed by atoms with E-state index in [1.54, 1.807) is 12.1 Å². The van der Waals surface area contributed by atoms with E-state index in [1.165, 1.54) is 12.1 Å². The van der Waals surface area contributed by atoms with Crippen molar-refractivity contribution in [3.8, 4) is 0 Å². The van der Waals surface area contributed by atoms with E-state index >= 15 is 0 Å². The number of piperidine rings is 1. The molecule has 5 nitrogen and oxygen atoms in total. The first-order valence-electron chi connectivity index (χ1n) is 8.46. The molecule has 1 saturated heterocycles. The Bertz CT molecular complexity index is 845. The summed E-state index contributed by atoms with van der Waals surface area (Å²) in [5.74, 6) is 0.792. The maximum Gasteiger partial charge on any atom is 0.236 e. The van der Waals surface area contributed by atoms with Gasteiger partial charge in [-0.2, -0.15) is 4.98 Å². The standard InChI is InChI=1S/C18H23ClN2O3S/c1-18(2,3)17-20-15(16(24-17)21-11-5-4-6-12-21)25(22,23)14-9-7-13(19)8-10-14/h7-10H,4-6,11-12H2,1-3H3. The lowest BCUT2D eigenvalue weighted by atomic mass is 9.97. The van der Waals surface area contributed by atoms with Crippen molar-refractivity contribution in [2.24, 2.45) is 0 Å². The Balaban J connectivity index is 2.12. The van der Waals surface area contributed by atoms with Crippen LogP contribution in [0.15, 0.2) is 38.6 Å². The molecule has 0 amide bonds. The predicted molar refractivity (Wildman–Crippen MR) is 98.2 cm³/mol. The molecule has 2 heterocycles. The van der Waals surface area contributed by atoms with Crippen molar-refractivity contribution in [3.63, 3.8) is 0 Å². The first-order valence-corrected chi connectivity index (χ1v) is 10.3. The number of oxazole rings is 1. The topological polar surface area (TPSA) is 63.4 Å². The van der Waals surface area contributed by atoms with Gasteiger partial charge in [-0.1, -0.05) is 32.4 Å². The van der Waals surface area contributed by atoms with Gasteiger partial charge in [0.1, 0.15) is 0 Å². The average molecular weight is 383 g/mol. The number of sulfone groups is 1. The number of nitrogens with zero attached hydrogens (tertiary/aromatic N) is 2. The van der Waals surface area contributed by atoms with E-state index in [2.05, 4.69) is 4.98 Å². The Morgan fingerprint density at radius 3 is 2.24 bits per heavy atom. The summed E-state index contributed by atoms with van der Waals surface area (Å²) < 4.78 is 32.3. The van der Waals surface area contributed by atoms with Crippen LogP contribution >= 0.6 is 11.6 Å². The molecule has 0 spiro atoms. The first-order chi connectivity index (χ1) is 11.7. The van der Waals surface area contributed by atoms with Crippen LogP contribution in [0.4, 0.5) is 5.88 Å². The number of hydrogen-bond donors (Lipinski definition) is 0. The van der Waals surface area contributed by atoms with Crippen LogP contribution in [0.3, 0.4) is 0 Å². The molecule has 0 aliphatic carbocycles. The molecule has 1 fully saturated rings. The van der Waals surface area contributed by atoms with E-state index in [-0.39, 0.29) is 15.3 Å². The van der Waals surface area contributed by atoms with Crippen LogP contribution < -0.4 is 4.90 Å². The fourth-order valence-electron chi connectivity index (χ4n) is 2.82. The molecular weight excluding hydrogens is 360 g/mol. The number of rotatable bonds is 3. The second kappa shape index (κ2) is 6.65. The van der Waals surface area contributed by atoms with Gasteiger partial charge in [0.05, 0.1) is 4.90 Å². The summed E-state index contributed by atoms with van der Waals surface area (Å²) >= 11 is 5.89. The van der Waals surface area contributed by atoms with Gasteiger partial charge in [-0.15, -0.1) is 0 Å². The molecule has 1 aromatic carbocycles. The van der Waals surface area contributed by atoms with E-state index < -0.39 is 9.84 Å². The Morgan fingerprint density at radius 1 is 1.08 bits per heavy atom. The SMILES string of the molecule is CC(C)(C)c1nc(S(=O)(=O)c2ccc(Cl)cc2)c(N2CCCCC2)o1. The van der Waals surface area contributed by atoms with E-state index in [0.717, 1.165) is 32.4 Å². The third kappa shape index (κ3) is 3.70. The minimum Gasteiger partial charge on any atom is -0.423 e. The van der Waals surface area contributed by atoms with Crippen molar-refractivity contribution in [2.75, 3.05) is 18.0 Å². The maximum absolute atomic E-state index is 13.2. The van der Waals surface area contributed by atoms with Crippen LogP contribution in [0.2, 0.25) is 5.02 Å². The van der Waals surface area contributed by atoms with Crippen LogP contribution in [-0.2, 0) is 15.3 Å². The van der Waals surface area contributed by atoms with Crippen molar-refractivity contribution in [3.05, 3.63) is 35.2 Å². The van der Waals surface area contributed by atoms with Crippen LogP contribution in [0.5, 0.6) is 0 Å². The van der Waals surface area contributed by atoms with Crippen molar-refractivity contribution < 1.29 is 12.8 Å². The lowest BCUT2D eigenvalue weighted by molar-refractivity contribution is 0.386. The number of anilines is 1. The largest absolute Gasteiger partial charge is 0.423 e. The molecule has 1 aliphatic heterocycles. The van der Waals surface area contributed by atoms with Crippen molar-refractivity contribution >= 4 is 27.3 Å². The van der Waals surface area contributed by atoms with Crippen LogP contribution in [-0.4, -0.2) is 26.5 Å². The van der Waals surface area contributed by atoms with Crippen molar-refractivity contribution in [1.82, 2.24) is 4.98 Å². The Labute approximate surface area is 153 Å². The smallest absolute Gasteiger partial charge is 0.236 e. The Hall–Kier alpha value is -1.53. The molecule has 0 radical (unpaired) electrons. The second-order valence-corrected chi connectivity index (χ2v) is 9.69. The van der Waals surface area contributed by atoms with Crippen LogP contribution in [0.1, 0.15) is 45.9 Å². The highest BCUT2D eigenvalue weighted by Gasteiger charge is 2.34. The molecule has 1 aromatic heterocycles.